The van der Waals surface area contributed by atoms with Gasteiger partial charge >= 0.3 is 0 Å². The van der Waals surface area contributed by atoms with E-state index in [1.54, 1.807) is 17.0 Å². The second-order valence-corrected chi connectivity index (χ2v) is 11.4. The zero-order valence-corrected chi connectivity index (χ0v) is 22.3. The van der Waals surface area contributed by atoms with E-state index in [9.17, 15) is 19.1 Å². The van der Waals surface area contributed by atoms with Crippen molar-refractivity contribution in [3.63, 3.8) is 0 Å². The maximum atomic E-state index is 15.4. The van der Waals surface area contributed by atoms with Gasteiger partial charge in [0, 0.05) is 23.9 Å². The molecule has 0 radical (unpaired) electrons. The lowest BCUT2D eigenvalue weighted by molar-refractivity contribution is 0.0217. The number of likely N-dealkylation sites (tertiary alicyclic amines) is 1. The second kappa shape index (κ2) is 9.66. The van der Waals surface area contributed by atoms with Crippen molar-refractivity contribution in [2.75, 3.05) is 31.4 Å². The molecular weight excluding hydrogens is 506 g/mol. The Bertz CT molecular complexity index is 1380. The van der Waals surface area contributed by atoms with Crippen LogP contribution in [-0.4, -0.2) is 63.4 Å². The first-order chi connectivity index (χ1) is 18.7. The number of aromatic hydroxyl groups is 1. The molecule has 1 atom stereocenters. The number of pyridine rings is 1. The highest BCUT2D eigenvalue weighted by molar-refractivity contribution is 5.97. The quantitative estimate of drug-likeness (QED) is 0.582. The minimum absolute atomic E-state index is 0.00253. The summed E-state index contributed by atoms with van der Waals surface area (Å²) >= 11 is 0. The van der Waals surface area contributed by atoms with Gasteiger partial charge in [-0.1, -0.05) is 12.1 Å². The van der Waals surface area contributed by atoms with Gasteiger partial charge < -0.3 is 19.6 Å². The molecular formula is C29H34F2N4O4. The van der Waals surface area contributed by atoms with Crippen LogP contribution in [0.25, 0.3) is 0 Å². The molecule has 2 aromatic rings. The topological polar surface area (TPSA) is 78.2 Å². The summed E-state index contributed by atoms with van der Waals surface area (Å²) in [7, 11) is 0. The van der Waals surface area contributed by atoms with Crippen LogP contribution in [0.2, 0.25) is 0 Å². The number of piperidine rings is 1. The number of carbonyl (C=O) groups is 1. The van der Waals surface area contributed by atoms with Gasteiger partial charge in [-0.2, -0.15) is 4.39 Å². The monoisotopic (exact) mass is 540 g/mol. The number of fused-ring (bicyclic) bond motifs is 6. The van der Waals surface area contributed by atoms with Crippen LogP contribution < -0.4 is 15.2 Å². The van der Waals surface area contributed by atoms with Crippen molar-refractivity contribution in [1.82, 2.24) is 14.5 Å². The van der Waals surface area contributed by atoms with Crippen LogP contribution in [0.3, 0.4) is 0 Å². The average Bonchev–Trinajstić information content (AvgIpc) is 2.92. The fraction of sp³-hybridized carbons (Fsp3) is 0.517. The Morgan fingerprint density at radius 3 is 2.51 bits per heavy atom. The molecule has 1 unspecified atom stereocenters. The molecule has 10 heteroatoms. The third-order valence-corrected chi connectivity index (χ3v) is 9.04. The smallest absolute Gasteiger partial charge is 0.278 e. The summed E-state index contributed by atoms with van der Waals surface area (Å²) in [5, 5.41) is 12.8. The predicted octanol–water partition coefficient (Wildman–Crippen LogP) is 3.92. The van der Waals surface area contributed by atoms with Gasteiger partial charge in [-0.3, -0.25) is 19.3 Å². The molecule has 1 aliphatic carbocycles. The molecule has 2 fully saturated rings. The summed E-state index contributed by atoms with van der Waals surface area (Å²) in [5.74, 6) is -3.21. The third-order valence-electron chi connectivity index (χ3n) is 9.04. The summed E-state index contributed by atoms with van der Waals surface area (Å²) in [4.78, 5) is 30.5. The van der Waals surface area contributed by atoms with Crippen molar-refractivity contribution < 1.29 is 23.4 Å². The molecule has 1 saturated carbocycles. The highest BCUT2D eigenvalue weighted by atomic mass is 19.2. The largest absolute Gasteiger partial charge is 0.502 e. The Kier molecular flexibility index (Phi) is 6.40. The fourth-order valence-electron chi connectivity index (χ4n) is 6.70. The normalized spacial score (nSPS) is 24.0. The Hall–Kier alpha value is -3.40. The van der Waals surface area contributed by atoms with E-state index in [4.69, 9.17) is 4.74 Å². The average molecular weight is 541 g/mol. The number of benzene rings is 1. The minimum atomic E-state index is -1.05. The summed E-state index contributed by atoms with van der Waals surface area (Å²) < 4.78 is 37.3. The Labute approximate surface area is 226 Å². The van der Waals surface area contributed by atoms with Gasteiger partial charge in [-0.25, -0.2) is 4.39 Å². The number of nitrogens with zero attached hydrogens (tertiary/aromatic N) is 4. The van der Waals surface area contributed by atoms with Gasteiger partial charge in [0.2, 0.25) is 11.2 Å². The maximum absolute atomic E-state index is 15.4. The number of ether oxygens (including phenoxy) is 1. The van der Waals surface area contributed by atoms with Gasteiger partial charge in [-0.05, 0) is 77.1 Å². The Morgan fingerprint density at radius 2 is 1.85 bits per heavy atom. The van der Waals surface area contributed by atoms with Gasteiger partial charge in [0.15, 0.2) is 23.0 Å². The Balaban J connectivity index is 1.57. The van der Waals surface area contributed by atoms with Crippen LogP contribution >= 0.6 is 0 Å². The number of carbonyl (C=O) groups excluding carboxylic acids is 1. The van der Waals surface area contributed by atoms with Crippen molar-refractivity contribution in [3.05, 3.63) is 69.7 Å². The van der Waals surface area contributed by atoms with E-state index in [1.807, 2.05) is 11.1 Å². The molecule has 1 N–H and O–H groups in total. The minimum Gasteiger partial charge on any atom is -0.502 e. The number of hydrogen-bond acceptors (Lipinski definition) is 6. The molecule has 4 heterocycles. The van der Waals surface area contributed by atoms with E-state index in [2.05, 4.69) is 18.7 Å². The second-order valence-electron chi connectivity index (χ2n) is 11.4. The molecule has 6 rings (SSSR count). The van der Waals surface area contributed by atoms with Gasteiger partial charge in [0.25, 0.3) is 5.91 Å². The lowest BCUT2D eigenvalue weighted by atomic mass is 9.74. The molecule has 3 aliphatic heterocycles. The van der Waals surface area contributed by atoms with Crippen molar-refractivity contribution in [2.45, 2.75) is 63.6 Å². The van der Waals surface area contributed by atoms with E-state index in [0.29, 0.717) is 24.4 Å². The standard InChI is InChI=1S/C29H34F2N4O4/c1-18(2)32-13-7-19(8-14-32)24-20-5-6-21(30)23(31)27(20)39-16-4-12-29(10-3-11-29)33-17-35(24)34-15-9-22(36)26(37)25(34)28(33)38/h4-6,9,12,15,18-19,24,37H,3,7-8,10-11,13-14,16-17H2,1-2H3/b12-4+. The van der Waals surface area contributed by atoms with Gasteiger partial charge in [-0.15, -0.1) is 0 Å². The van der Waals surface area contributed by atoms with Crippen molar-refractivity contribution in [3.8, 4) is 11.5 Å². The molecule has 2 bridgehead atoms. The van der Waals surface area contributed by atoms with Crippen molar-refractivity contribution in [1.29, 1.82) is 0 Å². The molecule has 4 aliphatic rings. The van der Waals surface area contributed by atoms with E-state index in [-0.39, 0.29) is 30.6 Å². The number of rotatable bonds is 2. The van der Waals surface area contributed by atoms with Crippen LogP contribution in [0, 0.1) is 17.6 Å². The predicted molar refractivity (Wildman–Crippen MR) is 141 cm³/mol. The van der Waals surface area contributed by atoms with Crippen molar-refractivity contribution in [2.24, 2.45) is 5.92 Å². The lowest BCUT2D eigenvalue weighted by Crippen LogP contribution is -2.65. The third kappa shape index (κ3) is 4.11. The molecule has 8 nitrogen and oxygen atoms in total. The van der Waals surface area contributed by atoms with E-state index in [0.717, 1.165) is 38.4 Å². The zero-order valence-electron chi connectivity index (χ0n) is 22.3. The molecule has 1 aromatic heterocycles. The SMILES string of the molecule is CC(C)N1CCC(C2c3ccc(F)c(F)c3OC/C=C/C3(CCC3)N3CN2n2ccc(=O)c(O)c2C3=O)CC1. The number of amides is 1. The van der Waals surface area contributed by atoms with E-state index >= 15 is 4.39 Å². The van der Waals surface area contributed by atoms with Crippen LogP contribution in [0.15, 0.2) is 41.3 Å². The van der Waals surface area contributed by atoms with Crippen molar-refractivity contribution >= 4 is 5.91 Å². The number of hydrogen-bond donors (Lipinski definition) is 1. The van der Waals surface area contributed by atoms with Crippen LogP contribution in [0.4, 0.5) is 8.78 Å². The van der Waals surface area contributed by atoms with E-state index < -0.39 is 40.3 Å². The molecule has 1 saturated heterocycles. The highest BCUT2D eigenvalue weighted by Crippen LogP contribution is 2.46. The first kappa shape index (κ1) is 25.9. The van der Waals surface area contributed by atoms with Crippen LogP contribution in [0.1, 0.15) is 68.0 Å². The molecule has 1 aromatic carbocycles. The summed E-state index contributed by atoms with van der Waals surface area (Å²) in [5.41, 5.74) is -0.887. The Morgan fingerprint density at radius 1 is 1.10 bits per heavy atom. The fourth-order valence-corrected chi connectivity index (χ4v) is 6.70. The maximum Gasteiger partial charge on any atom is 0.278 e. The highest BCUT2D eigenvalue weighted by Gasteiger charge is 2.49. The summed E-state index contributed by atoms with van der Waals surface area (Å²) in [6.45, 7) is 6.16. The van der Waals surface area contributed by atoms with Gasteiger partial charge in [0.1, 0.15) is 13.3 Å². The first-order valence-corrected chi connectivity index (χ1v) is 13.8. The number of aromatic nitrogens is 1. The van der Waals surface area contributed by atoms with Crippen LogP contribution in [-0.2, 0) is 0 Å². The summed E-state index contributed by atoms with van der Waals surface area (Å²) in [6.07, 6.45) is 9.07. The molecule has 39 heavy (non-hydrogen) atoms. The zero-order chi connectivity index (χ0) is 27.5. The number of halogens is 2. The lowest BCUT2D eigenvalue weighted by Gasteiger charge is -2.55. The summed E-state index contributed by atoms with van der Waals surface area (Å²) in [6, 6.07) is 3.78. The van der Waals surface area contributed by atoms with Gasteiger partial charge in [0.05, 0.1) is 11.6 Å². The molecule has 1 spiro atoms. The van der Waals surface area contributed by atoms with E-state index in [1.165, 1.54) is 16.9 Å². The molecule has 1 amide bonds. The first-order valence-electron chi connectivity index (χ1n) is 13.8. The van der Waals surface area contributed by atoms with Crippen LogP contribution in [0.5, 0.6) is 11.5 Å². The molecule has 208 valence electrons.